The van der Waals surface area contributed by atoms with Crippen molar-refractivity contribution in [3.63, 3.8) is 0 Å². The molecular weight excluding hydrogens is 579 g/mol. The number of carbonyl (C=O) groups is 2. The molecule has 1 aliphatic rings. The Morgan fingerprint density at radius 3 is 2.21 bits per heavy atom. The van der Waals surface area contributed by atoms with Crippen LogP contribution < -0.4 is 40.4 Å². The Hall–Kier alpha value is -5.29. The minimum atomic E-state index is -4.31. The van der Waals surface area contributed by atoms with Gasteiger partial charge in [-0.25, -0.2) is 9.36 Å². The summed E-state index contributed by atoms with van der Waals surface area (Å²) in [5.41, 5.74) is -0.760. The predicted molar refractivity (Wildman–Crippen MR) is 154 cm³/mol. The fourth-order valence-corrected chi connectivity index (χ4v) is 6.04. The highest BCUT2D eigenvalue weighted by atomic mass is 31.2. The van der Waals surface area contributed by atoms with Crippen molar-refractivity contribution in [1.29, 1.82) is 0 Å². The average Bonchev–Trinajstić information content (AvgIpc) is 3.47. The summed E-state index contributed by atoms with van der Waals surface area (Å²) in [5, 5.41) is 5.10. The summed E-state index contributed by atoms with van der Waals surface area (Å²) >= 11 is 0. The maximum Gasteiger partial charge on any atom is 0.457 e. The van der Waals surface area contributed by atoms with E-state index in [-0.39, 0.29) is 23.9 Å². The molecular formula is C29H27N4O9P. The number of nitrogens with one attached hydrogen (secondary N) is 3. The molecule has 0 radical (unpaired) electrons. The highest BCUT2D eigenvalue weighted by molar-refractivity contribution is 7.55. The third kappa shape index (κ3) is 7.14. The zero-order valence-corrected chi connectivity index (χ0v) is 23.7. The standard InChI is InChI=1S/C29H27N4O9P/c1-19-16-33(29(37)32-27(19)36)17-26(35)30-15-25(34)31-28(20-12-13-23-24(14-20)40-18-39-23)43(38,41-21-8-4-2-5-9-21)42-22-10-6-3-7-11-22/h2-14,16,28H,15,17-18H2,1H3,(H,30,35)(H,31,34)(H,32,36,37). The van der Waals surface area contributed by atoms with Crippen LogP contribution in [-0.4, -0.2) is 34.7 Å². The maximum absolute atomic E-state index is 14.7. The zero-order valence-electron chi connectivity index (χ0n) is 22.9. The van der Waals surface area contributed by atoms with Crippen molar-refractivity contribution in [1.82, 2.24) is 20.2 Å². The lowest BCUT2D eigenvalue weighted by Gasteiger charge is -2.28. The molecule has 13 nitrogen and oxygen atoms in total. The van der Waals surface area contributed by atoms with Crippen molar-refractivity contribution in [3.8, 4) is 23.0 Å². The SMILES string of the molecule is Cc1cn(CC(=O)NCC(=O)NC(c2ccc3c(c2)OCO3)P(=O)(Oc2ccccc2)Oc2ccccc2)c(=O)[nH]c1=O. The molecule has 3 aromatic carbocycles. The fraction of sp³-hybridized carbons (Fsp3) is 0.172. The van der Waals surface area contributed by atoms with Crippen LogP contribution in [0.3, 0.4) is 0 Å². The number of rotatable bonds is 11. The molecule has 0 bridgehead atoms. The summed E-state index contributed by atoms with van der Waals surface area (Å²) < 4.78 is 38.5. The molecule has 0 aliphatic carbocycles. The van der Waals surface area contributed by atoms with Gasteiger partial charge in [0, 0.05) is 11.8 Å². The molecule has 1 unspecified atom stereocenters. The van der Waals surface area contributed by atoms with Gasteiger partial charge in [-0.1, -0.05) is 42.5 Å². The van der Waals surface area contributed by atoms with Crippen molar-refractivity contribution in [2.24, 2.45) is 0 Å². The van der Waals surface area contributed by atoms with E-state index in [1.807, 2.05) is 0 Å². The number of benzene rings is 3. The van der Waals surface area contributed by atoms with Crippen molar-refractivity contribution >= 4 is 19.4 Å². The van der Waals surface area contributed by atoms with Crippen molar-refractivity contribution in [2.75, 3.05) is 13.3 Å². The minimum Gasteiger partial charge on any atom is -0.454 e. The predicted octanol–water partition coefficient (Wildman–Crippen LogP) is 2.86. The molecule has 222 valence electrons. The van der Waals surface area contributed by atoms with Gasteiger partial charge in [0.15, 0.2) is 17.3 Å². The number of H-pyrrole nitrogens is 1. The van der Waals surface area contributed by atoms with E-state index in [1.165, 1.54) is 13.1 Å². The van der Waals surface area contributed by atoms with Crippen LogP contribution in [-0.2, 0) is 20.7 Å². The second-order valence-corrected chi connectivity index (χ2v) is 11.4. The van der Waals surface area contributed by atoms with E-state index in [4.69, 9.17) is 18.5 Å². The first kappa shape index (κ1) is 29.2. The van der Waals surface area contributed by atoms with Crippen LogP contribution >= 0.6 is 7.60 Å². The summed E-state index contributed by atoms with van der Waals surface area (Å²) in [5.74, 6) is -1.46. The second kappa shape index (κ2) is 12.7. The van der Waals surface area contributed by atoms with Crippen LogP contribution in [0, 0.1) is 6.92 Å². The minimum absolute atomic E-state index is 0.00154. The Morgan fingerprint density at radius 1 is 0.930 bits per heavy atom. The molecule has 0 spiro atoms. The number of hydrogen-bond donors (Lipinski definition) is 3. The van der Waals surface area contributed by atoms with Gasteiger partial charge >= 0.3 is 13.3 Å². The lowest BCUT2D eigenvalue weighted by Crippen LogP contribution is -2.42. The highest BCUT2D eigenvalue weighted by Gasteiger charge is 2.42. The normalized spacial score (nSPS) is 12.7. The van der Waals surface area contributed by atoms with E-state index in [1.54, 1.807) is 78.9 Å². The third-order valence-corrected chi connectivity index (χ3v) is 8.22. The third-order valence-electron chi connectivity index (χ3n) is 6.23. The number of aryl methyl sites for hydroxylation is 1. The molecule has 43 heavy (non-hydrogen) atoms. The lowest BCUT2D eigenvalue weighted by molar-refractivity contribution is -0.126. The van der Waals surface area contributed by atoms with Crippen LogP contribution in [0.1, 0.15) is 16.9 Å². The zero-order chi connectivity index (χ0) is 30.4. The van der Waals surface area contributed by atoms with E-state index >= 15 is 0 Å². The Kier molecular flexibility index (Phi) is 8.63. The molecule has 3 N–H and O–H groups in total. The fourth-order valence-electron chi connectivity index (χ4n) is 4.14. The van der Waals surface area contributed by atoms with E-state index < -0.39 is 49.5 Å². The first-order valence-electron chi connectivity index (χ1n) is 13.1. The first-order valence-corrected chi connectivity index (χ1v) is 14.7. The summed E-state index contributed by atoms with van der Waals surface area (Å²) in [6.45, 7) is 0.512. The van der Waals surface area contributed by atoms with Gasteiger partial charge in [0.1, 0.15) is 18.0 Å². The summed E-state index contributed by atoms with van der Waals surface area (Å²) in [7, 11) is -4.31. The molecule has 1 aromatic heterocycles. The smallest absolute Gasteiger partial charge is 0.454 e. The van der Waals surface area contributed by atoms with E-state index in [9.17, 15) is 23.7 Å². The maximum atomic E-state index is 14.7. The molecule has 2 heterocycles. The largest absolute Gasteiger partial charge is 0.457 e. The summed E-state index contributed by atoms with van der Waals surface area (Å²) in [6, 6.07) is 21.5. The van der Waals surface area contributed by atoms with E-state index in [0.29, 0.717) is 17.1 Å². The first-order chi connectivity index (χ1) is 20.7. The Balaban J connectivity index is 1.41. The lowest BCUT2D eigenvalue weighted by atomic mass is 10.2. The van der Waals surface area contributed by atoms with Crippen LogP contribution in [0.4, 0.5) is 0 Å². The molecule has 2 amide bonds. The molecule has 4 aromatic rings. The molecule has 5 rings (SSSR count). The molecule has 0 fully saturated rings. The van der Waals surface area contributed by atoms with Crippen molar-refractivity contribution < 1.29 is 32.7 Å². The van der Waals surface area contributed by atoms with Gasteiger partial charge < -0.3 is 29.2 Å². The van der Waals surface area contributed by atoms with Gasteiger partial charge in [0.25, 0.3) is 5.56 Å². The molecule has 14 heteroatoms. The summed E-state index contributed by atoms with van der Waals surface area (Å²) in [6.07, 6.45) is 1.24. The van der Waals surface area contributed by atoms with E-state index in [2.05, 4.69) is 15.6 Å². The van der Waals surface area contributed by atoms with E-state index in [0.717, 1.165) is 4.57 Å². The Bertz CT molecular complexity index is 1750. The topological polar surface area (TPSA) is 167 Å². The molecule has 0 saturated heterocycles. The van der Waals surface area contributed by atoms with Gasteiger partial charge in [0.05, 0.1) is 6.54 Å². The van der Waals surface area contributed by atoms with Gasteiger partial charge in [-0.2, -0.15) is 0 Å². The molecule has 0 saturated carbocycles. The number of ether oxygens (including phenoxy) is 2. The van der Waals surface area contributed by atoms with Crippen LogP contribution in [0.15, 0.2) is 94.6 Å². The number of aromatic amines is 1. The number of aromatic nitrogens is 2. The molecule has 1 atom stereocenters. The number of para-hydroxylation sites is 2. The quantitative estimate of drug-likeness (QED) is 0.218. The number of fused-ring (bicyclic) bond motifs is 1. The number of hydrogen-bond acceptors (Lipinski definition) is 9. The Morgan fingerprint density at radius 2 is 1.56 bits per heavy atom. The monoisotopic (exact) mass is 606 g/mol. The van der Waals surface area contributed by atoms with Gasteiger partial charge in [-0.3, -0.25) is 23.9 Å². The average molecular weight is 607 g/mol. The molecule has 1 aliphatic heterocycles. The Labute approximate surface area is 244 Å². The van der Waals surface area contributed by atoms with Gasteiger partial charge in [0.2, 0.25) is 18.6 Å². The van der Waals surface area contributed by atoms with Gasteiger partial charge in [-0.05, 0) is 48.9 Å². The van der Waals surface area contributed by atoms with Crippen LogP contribution in [0.25, 0.3) is 0 Å². The number of nitrogens with zero attached hydrogens (tertiary/aromatic N) is 1. The second-order valence-electron chi connectivity index (χ2n) is 9.41. The van der Waals surface area contributed by atoms with Crippen molar-refractivity contribution in [3.05, 3.63) is 117 Å². The summed E-state index contributed by atoms with van der Waals surface area (Å²) in [4.78, 5) is 51.5. The van der Waals surface area contributed by atoms with Crippen LogP contribution in [0.5, 0.6) is 23.0 Å². The number of carbonyl (C=O) groups excluding carboxylic acids is 2. The van der Waals surface area contributed by atoms with Crippen molar-refractivity contribution in [2.45, 2.75) is 19.3 Å². The van der Waals surface area contributed by atoms with Gasteiger partial charge in [-0.15, -0.1) is 0 Å². The highest BCUT2D eigenvalue weighted by Crippen LogP contribution is 2.59. The number of amides is 2. The van der Waals surface area contributed by atoms with Crippen LogP contribution in [0.2, 0.25) is 0 Å².